The van der Waals surface area contributed by atoms with Crippen LogP contribution in [0.4, 0.5) is 0 Å². The second-order valence-electron chi connectivity index (χ2n) is 4.17. The normalized spacial score (nSPS) is 25.9. The van der Waals surface area contributed by atoms with Crippen LogP contribution in [0.2, 0.25) is 10.0 Å². The number of fused-ring (bicyclic) bond motifs is 1. The van der Waals surface area contributed by atoms with Crippen LogP contribution in [-0.4, -0.2) is 13.7 Å². The monoisotopic (exact) mass is 293 g/mol. The number of halogens is 2. The largest absolute Gasteiger partial charge is 0.323 e. The smallest absolute Gasteiger partial charge is 0.184 e. The second-order valence-corrected chi connectivity index (χ2v) is 7.09. The molecule has 0 aliphatic carbocycles. The van der Waals surface area contributed by atoms with E-state index in [9.17, 15) is 8.42 Å². The van der Waals surface area contributed by atoms with Gasteiger partial charge in [0.1, 0.15) is 0 Å². The molecule has 0 saturated heterocycles. The first-order chi connectivity index (χ1) is 7.91. The summed E-state index contributed by atoms with van der Waals surface area (Å²) in [6.07, 6.45) is 1.27. The summed E-state index contributed by atoms with van der Waals surface area (Å²) in [5.74, 6) is 0. The Balaban J connectivity index is 2.70. The highest BCUT2D eigenvalue weighted by molar-refractivity contribution is 7.92. The van der Waals surface area contributed by atoms with Crippen molar-refractivity contribution in [3.05, 3.63) is 27.7 Å². The quantitative estimate of drug-likeness (QED) is 0.912. The second kappa shape index (κ2) is 4.43. The third-order valence-electron chi connectivity index (χ3n) is 3.08. The number of rotatable bonds is 2. The summed E-state index contributed by atoms with van der Waals surface area (Å²) in [5, 5.41) is -0.0302. The van der Waals surface area contributed by atoms with Gasteiger partial charge in [0, 0.05) is 16.6 Å². The molecule has 1 aliphatic heterocycles. The lowest BCUT2D eigenvalue weighted by molar-refractivity contribution is 0.555. The average Bonchev–Trinajstić information content (AvgIpc) is 2.46. The molecule has 17 heavy (non-hydrogen) atoms. The van der Waals surface area contributed by atoms with Crippen molar-refractivity contribution in [3.8, 4) is 0 Å². The topological polar surface area (TPSA) is 60.2 Å². The van der Waals surface area contributed by atoms with Gasteiger partial charge in [-0.1, -0.05) is 36.5 Å². The van der Waals surface area contributed by atoms with Gasteiger partial charge in [0.2, 0.25) is 0 Å². The molecular formula is C11H13Cl2NO2S. The van der Waals surface area contributed by atoms with Crippen molar-refractivity contribution in [1.82, 2.24) is 0 Å². The first-order valence-electron chi connectivity index (χ1n) is 5.38. The van der Waals surface area contributed by atoms with E-state index in [2.05, 4.69) is 0 Å². The highest BCUT2D eigenvalue weighted by Crippen LogP contribution is 2.46. The molecule has 0 bridgehead atoms. The Kier molecular flexibility index (Phi) is 3.42. The van der Waals surface area contributed by atoms with Gasteiger partial charge in [0.15, 0.2) is 9.84 Å². The van der Waals surface area contributed by atoms with Crippen LogP contribution in [-0.2, 0) is 9.84 Å². The molecule has 0 saturated carbocycles. The summed E-state index contributed by atoms with van der Waals surface area (Å²) in [4.78, 5) is 0.123. The Labute approximate surface area is 111 Å². The van der Waals surface area contributed by atoms with Gasteiger partial charge in [-0.3, -0.25) is 0 Å². The molecule has 1 aromatic carbocycles. The molecule has 2 N–H and O–H groups in total. The highest BCUT2D eigenvalue weighted by Gasteiger charge is 2.45. The van der Waals surface area contributed by atoms with Crippen LogP contribution in [0.25, 0.3) is 0 Å². The third-order valence-corrected chi connectivity index (χ3v) is 6.18. The number of hydrogen-bond acceptors (Lipinski definition) is 3. The number of nitrogens with two attached hydrogens (primary N) is 1. The van der Waals surface area contributed by atoms with Crippen LogP contribution in [0.5, 0.6) is 0 Å². The van der Waals surface area contributed by atoms with Crippen molar-refractivity contribution >= 4 is 33.0 Å². The SMILES string of the molecule is CCCC1C(N)c2c(Cl)ccc(Cl)c2S1(=O)=O. The lowest BCUT2D eigenvalue weighted by Gasteiger charge is -2.13. The van der Waals surface area contributed by atoms with E-state index in [1.54, 1.807) is 6.07 Å². The van der Waals surface area contributed by atoms with Crippen LogP contribution in [0.1, 0.15) is 31.4 Å². The van der Waals surface area contributed by atoms with Crippen molar-refractivity contribution in [2.24, 2.45) is 5.73 Å². The standard InChI is InChI=1S/C11H13Cl2NO2S/c1-2-3-8-10(14)9-6(12)4-5-7(13)11(9)17(8,15)16/h4-5,8,10H,2-3,14H2,1H3. The molecule has 94 valence electrons. The van der Waals surface area contributed by atoms with Crippen LogP contribution in [0.15, 0.2) is 17.0 Å². The molecule has 3 nitrogen and oxygen atoms in total. The summed E-state index contributed by atoms with van der Waals surface area (Å²) in [7, 11) is -3.45. The highest BCUT2D eigenvalue weighted by atomic mass is 35.5. The lowest BCUT2D eigenvalue weighted by Crippen LogP contribution is -2.26. The van der Waals surface area contributed by atoms with Crippen molar-refractivity contribution in [2.45, 2.75) is 36.0 Å². The molecule has 2 rings (SSSR count). The lowest BCUT2D eigenvalue weighted by atomic mass is 10.0. The first kappa shape index (κ1) is 13.1. The predicted molar refractivity (Wildman–Crippen MR) is 69.3 cm³/mol. The van der Waals surface area contributed by atoms with Crippen molar-refractivity contribution in [1.29, 1.82) is 0 Å². The molecule has 2 atom stereocenters. The maximum atomic E-state index is 12.3. The first-order valence-corrected chi connectivity index (χ1v) is 7.68. The van der Waals surface area contributed by atoms with Crippen LogP contribution in [0, 0.1) is 0 Å². The van der Waals surface area contributed by atoms with Gasteiger partial charge in [0.25, 0.3) is 0 Å². The summed E-state index contributed by atoms with van der Waals surface area (Å²) in [5.41, 5.74) is 6.47. The molecule has 2 unspecified atom stereocenters. The van der Waals surface area contributed by atoms with E-state index >= 15 is 0 Å². The number of sulfone groups is 1. The van der Waals surface area contributed by atoms with Crippen LogP contribution >= 0.6 is 23.2 Å². The zero-order valence-electron chi connectivity index (χ0n) is 9.28. The Morgan fingerprint density at radius 1 is 1.29 bits per heavy atom. The molecule has 1 aromatic rings. The molecule has 1 aliphatic rings. The van der Waals surface area contributed by atoms with Gasteiger partial charge in [0.05, 0.1) is 15.2 Å². The molecule has 6 heteroatoms. The minimum Gasteiger partial charge on any atom is -0.323 e. The Bertz CT molecular complexity index is 557. The molecule has 0 fully saturated rings. The third kappa shape index (κ3) is 1.87. The maximum absolute atomic E-state index is 12.3. The van der Waals surface area contributed by atoms with Gasteiger partial charge >= 0.3 is 0 Å². The summed E-state index contributed by atoms with van der Waals surface area (Å²) >= 11 is 12.0. The summed E-state index contributed by atoms with van der Waals surface area (Å²) < 4.78 is 24.7. The van der Waals surface area contributed by atoms with Crippen LogP contribution < -0.4 is 5.73 Å². The fraction of sp³-hybridized carbons (Fsp3) is 0.455. The molecule has 0 spiro atoms. The van der Waals surface area contributed by atoms with Crippen molar-refractivity contribution < 1.29 is 8.42 Å². The number of hydrogen-bond donors (Lipinski definition) is 1. The van der Waals surface area contributed by atoms with Crippen LogP contribution in [0.3, 0.4) is 0 Å². The Morgan fingerprint density at radius 3 is 2.41 bits per heavy atom. The van der Waals surface area contributed by atoms with Crippen molar-refractivity contribution in [3.63, 3.8) is 0 Å². The summed E-state index contributed by atoms with van der Waals surface area (Å²) in [6.45, 7) is 1.93. The minimum atomic E-state index is -3.45. The van der Waals surface area contributed by atoms with Crippen molar-refractivity contribution in [2.75, 3.05) is 0 Å². The molecule has 0 aromatic heterocycles. The van der Waals surface area contributed by atoms with E-state index in [0.29, 0.717) is 17.0 Å². The van der Waals surface area contributed by atoms with Gasteiger partial charge < -0.3 is 5.73 Å². The minimum absolute atomic E-state index is 0.123. The molecule has 0 radical (unpaired) electrons. The summed E-state index contributed by atoms with van der Waals surface area (Å²) in [6, 6.07) is 2.51. The average molecular weight is 294 g/mol. The Morgan fingerprint density at radius 2 is 1.88 bits per heavy atom. The van der Waals surface area contributed by atoms with E-state index in [1.165, 1.54) is 6.07 Å². The fourth-order valence-corrected chi connectivity index (χ4v) is 5.39. The van der Waals surface area contributed by atoms with E-state index < -0.39 is 21.1 Å². The predicted octanol–water partition coefficient (Wildman–Crippen LogP) is 2.95. The van der Waals surface area contributed by atoms with E-state index in [4.69, 9.17) is 28.9 Å². The van der Waals surface area contributed by atoms with E-state index in [-0.39, 0.29) is 9.92 Å². The number of benzene rings is 1. The van der Waals surface area contributed by atoms with E-state index in [0.717, 1.165) is 6.42 Å². The molecule has 1 heterocycles. The van der Waals surface area contributed by atoms with Gasteiger partial charge in [-0.15, -0.1) is 0 Å². The van der Waals surface area contributed by atoms with E-state index in [1.807, 2.05) is 6.92 Å². The fourth-order valence-electron chi connectivity index (χ4n) is 2.30. The molecular weight excluding hydrogens is 281 g/mol. The van der Waals surface area contributed by atoms with Gasteiger partial charge in [-0.25, -0.2) is 8.42 Å². The zero-order valence-corrected chi connectivity index (χ0v) is 11.6. The molecule has 0 amide bonds. The Hall–Kier alpha value is -0.290. The zero-order chi connectivity index (χ0) is 12.8. The van der Waals surface area contributed by atoms with Gasteiger partial charge in [-0.2, -0.15) is 0 Å². The van der Waals surface area contributed by atoms with Gasteiger partial charge in [-0.05, 0) is 18.6 Å². The maximum Gasteiger partial charge on any atom is 0.184 e.